The van der Waals surface area contributed by atoms with Gasteiger partial charge in [0.1, 0.15) is 0 Å². The van der Waals surface area contributed by atoms with Gasteiger partial charge >= 0.3 is 5.69 Å². The van der Waals surface area contributed by atoms with E-state index < -0.39 is 4.92 Å². The van der Waals surface area contributed by atoms with Gasteiger partial charge in [-0.15, -0.1) is 0 Å². The molecular formula is C13H18N4O4S. The molecule has 0 radical (unpaired) electrons. The van der Waals surface area contributed by atoms with E-state index in [1.54, 1.807) is 27.0 Å². The Morgan fingerprint density at radius 1 is 1.41 bits per heavy atom. The SMILES string of the molecule is CCOc1cc(/C=N/NC(=S)NC)cc([N+](=O)[O-])c1OCC. The quantitative estimate of drug-likeness (QED) is 0.341. The van der Waals surface area contributed by atoms with Gasteiger partial charge in [0.2, 0.25) is 5.75 Å². The van der Waals surface area contributed by atoms with Gasteiger partial charge in [0.25, 0.3) is 0 Å². The predicted molar refractivity (Wildman–Crippen MR) is 87.8 cm³/mol. The van der Waals surface area contributed by atoms with Crippen molar-refractivity contribution >= 4 is 29.2 Å². The number of benzene rings is 1. The zero-order valence-corrected chi connectivity index (χ0v) is 13.4. The van der Waals surface area contributed by atoms with Gasteiger partial charge < -0.3 is 14.8 Å². The van der Waals surface area contributed by atoms with Crippen molar-refractivity contribution in [1.82, 2.24) is 10.7 Å². The molecule has 0 aliphatic carbocycles. The number of ether oxygens (including phenoxy) is 2. The Labute approximate surface area is 133 Å². The summed E-state index contributed by atoms with van der Waals surface area (Å²) in [4.78, 5) is 10.7. The van der Waals surface area contributed by atoms with Crippen molar-refractivity contribution in [3.8, 4) is 11.5 Å². The lowest BCUT2D eigenvalue weighted by molar-refractivity contribution is -0.385. The van der Waals surface area contributed by atoms with E-state index in [4.69, 9.17) is 21.7 Å². The van der Waals surface area contributed by atoms with Crippen LogP contribution in [0, 0.1) is 10.1 Å². The number of hydrazone groups is 1. The largest absolute Gasteiger partial charge is 0.490 e. The Morgan fingerprint density at radius 3 is 2.64 bits per heavy atom. The molecule has 1 aromatic carbocycles. The lowest BCUT2D eigenvalue weighted by Gasteiger charge is -2.11. The van der Waals surface area contributed by atoms with Crippen LogP contribution in [0.2, 0.25) is 0 Å². The maximum atomic E-state index is 11.2. The predicted octanol–water partition coefficient (Wildman–Crippen LogP) is 1.82. The molecule has 2 N–H and O–H groups in total. The number of nitro benzene ring substituents is 1. The third-order valence-electron chi connectivity index (χ3n) is 2.45. The minimum atomic E-state index is -0.517. The zero-order chi connectivity index (χ0) is 16.5. The summed E-state index contributed by atoms with van der Waals surface area (Å²) in [5.41, 5.74) is 2.88. The van der Waals surface area contributed by atoms with Crippen molar-refractivity contribution in [2.75, 3.05) is 20.3 Å². The normalized spacial score (nSPS) is 10.3. The molecule has 0 atom stereocenters. The third-order valence-corrected chi connectivity index (χ3v) is 2.74. The Bertz CT molecular complexity index is 577. The fourth-order valence-corrected chi connectivity index (χ4v) is 1.64. The first kappa shape index (κ1) is 17.6. The second kappa shape index (κ2) is 8.78. The Kier molecular flexibility index (Phi) is 7.03. The van der Waals surface area contributed by atoms with Gasteiger partial charge in [-0.25, -0.2) is 0 Å². The zero-order valence-electron chi connectivity index (χ0n) is 12.6. The van der Waals surface area contributed by atoms with E-state index in [9.17, 15) is 10.1 Å². The third kappa shape index (κ3) is 4.85. The molecule has 120 valence electrons. The molecule has 0 aliphatic rings. The van der Waals surface area contributed by atoms with Gasteiger partial charge in [0.15, 0.2) is 10.9 Å². The van der Waals surface area contributed by atoms with Crippen LogP contribution in [-0.4, -0.2) is 36.5 Å². The Hall–Kier alpha value is -2.42. The highest BCUT2D eigenvalue weighted by molar-refractivity contribution is 7.80. The molecule has 0 unspecified atom stereocenters. The molecule has 0 saturated heterocycles. The minimum Gasteiger partial charge on any atom is -0.490 e. The number of hydrogen-bond acceptors (Lipinski definition) is 6. The van der Waals surface area contributed by atoms with Gasteiger partial charge in [0.05, 0.1) is 24.4 Å². The fraction of sp³-hybridized carbons (Fsp3) is 0.385. The van der Waals surface area contributed by atoms with Crippen LogP contribution in [0.15, 0.2) is 17.2 Å². The van der Waals surface area contributed by atoms with Gasteiger partial charge in [-0.05, 0) is 32.1 Å². The topological polar surface area (TPSA) is 98.0 Å². The molecule has 0 amide bonds. The van der Waals surface area contributed by atoms with Gasteiger partial charge in [0, 0.05) is 18.7 Å². The van der Waals surface area contributed by atoms with E-state index in [2.05, 4.69) is 15.8 Å². The van der Waals surface area contributed by atoms with E-state index in [-0.39, 0.29) is 11.4 Å². The monoisotopic (exact) mass is 326 g/mol. The van der Waals surface area contributed by atoms with Crippen molar-refractivity contribution in [3.05, 3.63) is 27.8 Å². The molecule has 1 aromatic rings. The van der Waals surface area contributed by atoms with Crippen molar-refractivity contribution < 1.29 is 14.4 Å². The molecule has 0 fully saturated rings. The van der Waals surface area contributed by atoms with E-state index in [1.807, 2.05) is 0 Å². The number of hydrogen-bond donors (Lipinski definition) is 2. The number of rotatable bonds is 7. The Morgan fingerprint density at radius 2 is 2.09 bits per heavy atom. The maximum Gasteiger partial charge on any atom is 0.315 e. The first-order valence-corrected chi connectivity index (χ1v) is 7.03. The lowest BCUT2D eigenvalue weighted by Crippen LogP contribution is -2.28. The van der Waals surface area contributed by atoms with E-state index in [0.717, 1.165) is 0 Å². The molecule has 0 heterocycles. The van der Waals surface area contributed by atoms with Crippen LogP contribution >= 0.6 is 12.2 Å². The molecule has 1 rings (SSSR count). The summed E-state index contributed by atoms with van der Waals surface area (Å²) in [6.07, 6.45) is 1.41. The average Bonchev–Trinajstić information content (AvgIpc) is 2.49. The first-order chi connectivity index (χ1) is 10.5. The van der Waals surface area contributed by atoms with Crippen molar-refractivity contribution in [2.45, 2.75) is 13.8 Å². The van der Waals surface area contributed by atoms with Crippen molar-refractivity contribution in [3.63, 3.8) is 0 Å². The van der Waals surface area contributed by atoms with Crippen LogP contribution in [0.5, 0.6) is 11.5 Å². The molecule has 0 aliphatic heterocycles. The van der Waals surface area contributed by atoms with Crippen LogP contribution in [-0.2, 0) is 0 Å². The summed E-state index contributed by atoms with van der Waals surface area (Å²) < 4.78 is 10.8. The summed E-state index contributed by atoms with van der Waals surface area (Å²) in [5, 5.41) is 18.1. The van der Waals surface area contributed by atoms with Gasteiger partial charge in [-0.2, -0.15) is 5.10 Å². The second-order valence-electron chi connectivity index (χ2n) is 3.94. The summed E-state index contributed by atoms with van der Waals surface area (Å²) in [6.45, 7) is 4.19. The molecule has 0 spiro atoms. The standard InChI is InChI=1S/C13H18N4O4S/c1-4-20-11-7-9(8-15-16-13(22)14-3)6-10(17(18)19)12(11)21-5-2/h6-8H,4-5H2,1-3H3,(H2,14,16,22)/b15-8+. The molecular weight excluding hydrogens is 308 g/mol. The Balaban J connectivity index is 3.18. The van der Waals surface area contributed by atoms with Crippen LogP contribution in [0.4, 0.5) is 5.69 Å². The first-order valence-electron chi connectivity index (χ1n) is 6.62. The van der Waals surface area contributed by atoms with Crippen LogP contribution in [0.1, 0.15) is 19.4 Å². The van der Waals surface area contributed by atoms with Crippen LogP contribution in [0.25, 0.3) is 0 Å². The number of nitrogens with one attached hydrogen (secondary N) is 2. The second-order valence-corrected chi connectivity index (χ2v) is 4.35. The fourth-order valence-electron chi connectivity index (χ4n) is 1.59. The summed E-state index contributed by atoms with van der Waals surface area (Å²) >= 11 is 4.87. The molecule has 0 saturated carbocycles. The van der Waals surface area contributed by atoms with Gasteiger partial charge in [-0.1, -0.05) is 0 Å². The van der Waals surface area contributed by atoms with Gasteiger partial charge in [-0.3, -0.25) is 15.5 Å². The van der Waals surface area contributed by atoms with E-state index in [1.165, 1.54) is 12.3 Å². The summed E-state index contributed by atoms with van der Waals surface area (Å²) in [6, 6.07) is 2.98. The molecule has 0 aromatic heterocycles. The smallest absolute Gasteiger partial charge is 0.315 e. The highest BCUT2D eigenvalue weighted by Crippen LogP contribution is 2.38. The number of thiocarbonyl (C=S) groups is 1. The molecule has 8 nitrogen and oxygen atoms in total. The highest BCUT2D eigenvalue weighted by Gasteiger charge is 2.22. The number of nitrogens with zero attached hydrogens (tertiary/aromatic N) is 2. The van der Waals surface area contributed by atoms with E-state index in [0.29, 0.717) is 29.6 Å². The van der Waals surface area contributed by atoms with E-state index >= 15 is 0 Å². The maximum absolute atomic E-state index is 11.2. The van der Waals surface area contributed by atoms with Crippen LogP contribution in [0.3, 0.4) is 0 Å². The van der Waals surface area contributed by atoms with Crippen molar-refractivity contribution in [2.24, 2.45) is 5.10 Å². The molecule has 9 heteroatoms. The molecule has 0 bridgehead atoms. The van der Waals surface area contributed by atoms with Crippen LogP contribution < -0.4 is 20.2 Å². The lowest BCUT2D eigenvalue weighted by atomic mass is 10.2. The van der Waals surface area contributed by atoms with Crippen molar-refractivity contribution in [1.29, 1.82) is 0 Å². The molecule has 22 heavy (non-hydrogen) atoms. The highest BCUT2D eigenvalue weighted by atomic mass is 32.1. The summed E-state index contributed by atoms with van der Waals surface area (Å²) in [5.74, 6) is 0.418. The summed E-state index contributed by atoms with van der Waals surface area (Å²) in [7, 11) is 1.65. The number of nitro groups is 1. The average molecular weight is 326 g/mol. The minimum absolute atomic E-state index is 0.116.